The fourth-order valence-corrected chi connectivity index (χ4v) is 0.986. The molecule has 0 fully saturated rings. The van der Waals surface area contributed by atoms with Crippen molar-refractivity contribution in [2.45, 2.75) is 6.43 Å². The Kier molecular flexibility index (Phi) is 3.05. The Hall–Kier alpha value is -1.17. The molecule has 0 radical (unpaired) electrons. The summed E-state index contributed by atoms with van der Waals surface area (Å²) in [6, 6.07) is 0. The molecule has 0 spiro atoms. The number of aromatic nitrogens is 1. The maximum absolute atomic E-state index is 12.8. The third-order valence-electron chi connectivity index (χ3n) is 1.41. The van der Waals surface area contributed by atoms with Gasteiger partial charge in [-0.2, -0.15) is 0 Å². The lowest BCUT2D eigenvalue weighted by molar-refractivity contribution is 0.105. The Morgan fingerprint density at radius 2 is 2.00 bits per heavy atom. The monoisotopic (exact) mass is 227 g/mol. The Bertz CT molecular complexity index is 382. The molecule has 0 aliphatic rings. The first-order valence-corrected chi connectivity index (χ1v) is 3.64. The minimum Gasteiger partial charge on any atom is -0.274 e. The molecule has 1 aromatic heterocycles. The van der Waals surface area contributed by atoms with Crippen LogP contribution in [0.25, 0.3) is 0 Å². The van der Waals surface area contributed by atoms with Crippen molar-refractivity contribution in [3.05, 3.63) is 29.1 Å². The number of rotatable bonds is 2. The quantitative estimate of drug-likeness (QED) is 0.574. The van der Waals surface area contributed by atoms with E-state index in [1.54, 1.807) is 0 Å². The number of carbonyl (C=O) groups is 1. The zero-order chi connectivity index (χ0) is 10.9. The molecular weight excluding hydrogens is 226 g/mol. The van der Waals surface area contributed by atoms with Gasteiger partial charge in [-0.1, -0.05) is 0 Å². The van der Waals surface area contributed by atoms with E-state index in [-0.39, 0.29) is 0 Å². The van der Waals surface area contributed by atoms with Gasteiger partial charge < -0.3 is 0 Å². The molecule has 1 aromatic rings. The summed E-state index contributed by atoms with van der Waals surface area (Å²) in [5.74, 6) is -3.36. The fraction of sp³-hybridized carbons (Fsp3) is 0.143. The molecule has 0 saturated heterocycles. The van der Waals surface area contributed by atoms with E-state index >= 15 is 0 Å². The SMILES string of the molecule is O=C(Cl)c1ncc(F)c(F)c1C(F)F. The molecule has 0 aromatic carbocycles. The van der Waals surface area contributed by atoms with Crippen LogP contribution in [0.1, 0.15) is 22.5 Å². The van der Waals surface area contributed by atoms with Crippen LogP contribution in [0, 0.1) is 11.6 Å². The molecule has 2 nitrogen and oxygen atoms in total. The molecule has 0 saturated carbocycles. The highest BCUT2D eigenvalue weighted by atomic mass is 35.5. The third kappa shape index (κ3) is 1.84. The van der Waals surface area contributed by atoms with E-state index in [2.05, 4.69) is 4.98 Å². The van der Waals surface area contributed by atoms with Crippen LogP contribution in [0.5, 0.6) is 0 Å². The number of pyridine rings is 1. The van der Waals surface area contributed by atoms with Crippen LogP contribution in [0.2, 0.25) is 0 Å². The summed E-state index contributed by atoms with van der Waals surface area (Å²) < 4.78 is 49.6. The maximum atomic E-state index is 12.8. The third-order valence-corrected chi connectivity index (χ3v) is 1.59. The maximum Gasteiger partial charge on any atom is 0.271 e. The van der Waals surface area contributed by atoms with Crippen LogP contribution in [0.3, 0.4) is 0 Å². The van der Waals surface area contributed by atoms with Gasteiger partial charge in [0.25, 0.3) is 11.7 Å². The molecule has 0 amide bonds. The predicted molar refractivity (Wildman–Crippen MR) is 39.3 cm³/mol. The van der Waals surface area contributed by atoms with E-state index in [1.807, 2.05) is 0 Å². The number of alkyl halides is 2. The average molecular weight is 228 g/mol. The summed E-state index contributed by atoms with van der Waals surface area (Å²) in [4.78, 5) is 13.5. The molecule has 14 heavy (non-hydrogen) atoms. The minimum absolute atomic E-state index is 0.316. The summed E-state index contributed by atoms with van der Waals surface area (Å²) in [6.45, 7) is 0. The van der Waals surface area contributed by atoms with Crippen molar-refractivity contribution in [3.63, 3.8) is 0 Å². The lowest BCUT2D eigenvalue weighted by atomic mass is 10.2. The summed E-state index contributed by atoms with van der Waals surface area (Å²) >= 11 is 4.85. The van der Waals surface area contributed by atoms with E-state index in [4.69, 9.17) is 11.6 Å². The highest BCUT2D eigenvalue weighted by Crippen LogP contribution is 2.26. The standard InChI is InChI=1S/C7H2ClF4NO/c8-6(14)5-3(7(11)12)4(10)2(9)1-13-5/h1,7H. The van der Waals surface area contributed by atoms with E-state index in [9.17, 15) is 22.4 Å². The minimum atomic E-state index is -3.35. The van der Waals surface area contributed by atoms with Crippen molar-refractivity contribution in [3.8, 4) is 0 Å². The second kappa shape index (κ2) is 3.91. The average Bonchev–Trinajstić information content (AvgIpc) is 2.08. The zero-order valence-corrected chi connectivity index (χ0v) is 7.16. The molecule has 0 unspecified atom stereocenters. The molecular formula is C7H2ClF4NO. The van der Waals surface area contributed by atoms with Crippen LogP contribution in [-0.4, -0.2) is 10.2 Å². The topological polar surface area (TPSA) is 30.0 Å². The van der Waals surface area contributed by atoms with Gasteiger partial charge in [-0.3, -0.25) is 4.79 Å². The zero-order valence-electron chi connectivity index (χ0n) is 6.40. The van der Waals surface area contributed by atoms with Crippen molar-refractivity contribution >= 4 is 16.8 Å². The van der Waals surface area contributed by atoms with E-state index in [0.29, 0.717) is 6.20 Å². The van der Waals surface area contributed by atoms with Gasteiger partial charge in [0.1, 0.15) is 5.69 Å². The first-order valence-electron chi connectivity index (χ1n) is 3.27. The van der Waals surface area contributed by atoms with Gasteiger partial charge >= 0.3 is 0 Å². The van der Waals surface area contributed by atoms with Crippen LogP contribution in [0.4, 0.5) is 17.6 Å². The van der Waals surface area contributed by atoms with Crippen molar-refractivity contribution in [2.24, 2.45) is 0 Å². The predicted octanol–water partition coefficient (Wildman–Crippen LogP) is 2.68. The summed E-state index contributed by atoms with van der Waals surface area (Å²) in [5, 5.41) is -1.36. The van der Waals surface area contributed by atoms with Gasteiger partial charge in [0.15, 0.2) is 11.6 Å². The molecule has 0 aliphatic heterocycles. The van der Waals surface area contributed by atoms with Crippen molar-refractivity contribution in [1.29, 1.82) is 0 Å². The van der Waals surface area contributed by atoms with Gasteiger partial charge in [-0.05, 0) is 11.6 Å². The molecule has 1 heterocycles. The number of halogens is 5. The van der Waals surface area contributed by atoms with Crippen LogP contribution < -0.4 is 0 Å². The van der Waals surface area contributed by atoms with Crippen molar-refractivity contribution in [2.75, 3.05) is 0 Å². The lowest BCUT2D eigenvalue weighted by Gasteiger charge is -2.05. The second-order valence-corrected chi connectivity index (χ2v) is 2.60. The summed E-state index contributed by atoms with van der Waals surface area (Å²) in [5.41, 5.74) is -2.38. The molecule has 76 valence electrons. The van der Waals surface area contributed by atoms with E-state index in [0.717, 1.165) is 0 Å². The number of nitrogens with zero attached hydrogens (tertiary/aromatic N) is 1. The summed E-state index contributed by atoms with van der Waals surface area (Å²) in [6.07, 6.45) is -3.03. The Labute approximate surface area is 80.5 Å². The smallest absolute Gasteiger partial charge is 0.271 e. The van der Waals surface area contributed by atoms with Crippen LogP contribution >= 0.6 is 11.6 Å². The molecule has 1 rings (SSSR count). The fourth-order valence-electron chi connectivity index (χ4n) is 0.836. The second-order valence-electron chi connectivity index (χ2n) is 2.26. The lowest BCUT2D eigenvalue weighted by Crippen LogP contribution is -2.07. The normalized spacial score (nSPS) is 10.7. The molecule has 0 N–H and O–H groups in total. The Morgan fingerprint density at radius 1 is 1.43 bits per heavy atom. The highest BCUT2D eigenvalue weighted by Gasteiger charge is 2.25. The van der Waals surface area contributed by atoms with Gasteiger partial charge in [0, 0.05) is 0 Å². The largest absolute Gasteiger partial charge is 0.274 e. The van der Waals surface area contributed by atoms with Gasteiger partial charge in [0.2, 0.25) is 0 Å². The van der Waals surface area contributed by atoms with Crippen molar-refractivity contribution in [1.82, 2.24) is 4.98 Å². The van der Waals surface area contributed by atoms with E-state index < -0.39 is 34.6 Å². The number of hydrogen-bond donors (Lipinski definition) is 0. The first kappa shape index (κ1) is 10.9. The molecule has 0 aliphatic carbocycles. The van der Waals surface area contributed by atoms with Gasteiger partial charge in [0.05, 0.1) is 11.8 Å². The highest BCUT2D eigenvalue weighted by molar-refractivity contribution is 6.67. The van der Waals surface area contributed by atoms with E-state index in [1.165, 1.54) is 0 Å². The van der Waals surface area contributed by atoms with Gasteiger partial charge in [-0.15, -0.1) is 0 Å². The Morgan fingerprint density at radius 3 is 2.43 bits per heavy atom. The molecule has 0 atom stereocenters. The molecule has 0 bridgehead atoms. The van der Waals surface area contributed by atoms with Gasteiger partial charge in [-0.25, -0.2) is 22.5 Å². The number of carbonyl (C=O) groups excluding carboxylic acids is 1. The first-order chi connectivity index (χ1) is 6.45. The Balaban J connectivity index is 3.45. The number of hydrogen-bond acceptors (Lipinski definition) is 2. The molecule has 7 heteroatoms. The van der Waals surface area contributed by atoms with Crippen molar-refractivity contribution < 1.29 is 22.4 Å². The van der Waals surface area contributed by atoms with Crippen LogP contribution in [-0.2, 0) is 0 Å². The van der Waals surface area contributed by atoms with Crippen LogP contribution in [0.15, 0.2) is 6.20 Å². The summed E-state index contributed by atoms with van der Waals surface area (Å²) in [7, 11) is 0.